The number of unbranched alkanes of at least 4 members (excludes halogenated alkanes) is 2. The zero-order valence-corrected chi connectivity index (χ0v) is 15.2. The Kier molecular flexibility index (Phi) is 5.31. The van der Waals surface area contributed by atoms with E-state index in [2.05, 4.69) is 52.2 Å². The molecule has 2 aromatic rings. The Hall–Kier alpha value is -2.43. The molecule has 0 aliphatic carbocycles. The summed E-state index contributed by atoms with van der Waals surface area (Å²) in [5.74, 6) is 1.29. The molecule has 1 amide bonds. The number of benzene rings is 1. The predicted molar refractivity (Wildman–Crippen MR) is 100 cm³/mol. The molecule has 1 aromatic heterocycles. The van der Waals surface area contributed by atoms with Gasteiger partial charge in [-0.15, -0.1) is 0 Å². The van der Waals surface area contributed by atoms with Crippen molar-refractivity contribution in [2.24, 2.45) is 0 Å². The van der Waals surface area contributed by atoms with Gasteiger partial charge in [-0.1, -0.05) is 38.0 Å². The molecule has 0 fully saturated rings. The third kappa shape index (κ3) is 3.81. The van der Waals surface area contributed by atoms with Crippen LogP contribution in [0.4, 0.5) is 11.5 Å². The molecule has 3 rings (SSSR count). The molecular weight excluding hydrogens is 312 g/mol. The number of hydrogen-bond donors (Lipinski definition) is 1. The summed E-state index contributed by atoms with van der Waals surface area (Å²) in [6.07, 6.45) is 4.24. The number of hydrogen-bond acceptors (Lipinski definition) is 4. The second-order valence-electron chi connectivity index (χ2n) is 6.67. The molecule has 1 unspecified atom stereocenters. The lowest BCUT2D eigenvalue weighted by Crippen LogP contribution is -2.28. The van der Waals surface area contributed by atoms with E-state index in [1.54, 1.807) is 6.07 Å². The van der Waals surface area contributed by atoms with Crippen LogP contribution in [0.1, 0.15) is 55.0 Å². The van der Waals surface area contributed by atoms with E-state index < -0.39 is 0 Å². The number of aryl methyl sites for hydroxylation is 1. The lowest BCUT2D eigenvalue weighted by atomic mass is 10.1. The first-order valence-electron chi connectivity index (χ1n) is 9.11. The Balaban J connectivity index is 1.84. The van der Waals surface area contributed by atoms with Gasteiger partial charge in [0.05, 0.1) is 0 Å². The summed E-state index contributed by atoms with van der Waals surface area (Å²) < 4.78 is 0. The second kappa shape index (κ2) is 7.64. The van der Waals surface area contributed by atoms with Crippen molar-refractivity contribution in [2.45, 2.75) is 52.5 Å². The van der Waals surface area contributed by atoms with Crippen LogP contribution in [0.2, 0.25) is 0 Å². The number of carbonyl (C=O) groups excluding carboxylic acids is 1. The van der Waals surface area contributed by atoms with Crippen LogP contribution in [-0.4, -0.2) is 28.5 Å². The average Bonchev–Trinajstić information content (AvgIpc) is 2.93. The van der Waals surface area contributed by atoms with E-state index in [-0.39, 0.29) is 5.91 Å². The fraction of sp³-hybridized carbons (Fsp3) is 0.450. The minimum Gasteiger partial charge on any atom is -0.351 e. The van der Waals surface area contributed by atoms with Crippen molar-refractivity contribution in [1.82, 2.24) is 15.3 Å². The molecule has 1 aromatic carbocycles. The summed E-state index contributed by atoms with van der Waals surface area (Å²) >= 11 is 0. The van der Waals surface area contributed by atoms with E-state index in [0.717, 1.165) is 31.5 Å². The molecule has 0 radical (unpaired) electrons. The van der Waals surface area contributed by atoms with Gasteiger partial charge in [0.25, 0.3) is 5.91 Å². The first kappa shape index (κ1) is 17.4. The van der Waals surface area contributed by atoms with Crippen molar-refractivity contribution in [3.8, 4) is 0 Å². The maximum atomic E-state index is 12.4. The first-order valence-corrected chi connectivity index (χ1v) is 9.11. The van der Waals surface area contributed by atoms with Gasteiger partial charge in [0, 0.05) is 24.3 Å². The van der Waals surface area contributed by atoms with Crippen LogP contribution in [0.15, 0.2) is 30.3 Å². The van der Waals surface area contributed by atoms with Crippen molar-refractivity contribution in [3.05, 3.63) is 47.4 Å². The molecule has 0 bridgehead atoms. The highest BCUT2D eigenvalue weighted by atomic mass is 16.1. The molecule has 1 N–H and O–H groups in total. The highest BCUT2D eigenvalue weighted by Crippen LogP contribution is 2.37. The average molecular weight is 338 g/mol. The fourth-order valence-corrected chi connectivity index (χ4v) is 3.37. The first-order chi connectivity index (χ1) is 12.1. The molecule has 1 aliphatic heterocycles. The van der Waals surface area contributed by atoms with Crippen LogP contribution in [0.25, 0.3) is 0 Å². The van der Waals surface area contributed by atoms with Gasteiger partial charge in [0.15, 0.2) is 0 Å². The van der Waals surface area contributed by atoms with Crippen LogP contribution in [0, 0.1) is 6.92 Å². The molecule has 5 heteroatoms. The van der Waals surface area contributed by atoms with E-state index in [1.807, 2.05) is 13.0 Å². The fourth-order valence-electron chi connectivity index (χ4n) is 3.37. The molecular formula is C20H26N4O. The third-order valence-electron chi connectivity index (χ3n) is 4.58. The van der Waals surface area contributed by atoms with Gasteiger partial charge in [-0.3, -0.25) is 4.79 Å². The van der Waals surface area contributed by atoms with Gasteiger partial charge in [-0.2, -0.15) is 0 Å². The van der Waals surface area contributed by atoms with Crippen molar-refractivity contribution in [2.75, 3.05) is 11.4 Å². The number of nitrogens with zero attached hydrogens (tertiary/aromatic N) is 3. The summed E-state index contributed by atoms with van der Waals surface area (Å²) in [5, 5.41) is 2.96. The predicted octanol–water partition coefficient (Wildman–Crippen LogP) is 3.79. The molecule has 2 heterocycles. The van der Waals surface area contributed by atoms with Gasteiger partial charge in [0.1, 0.15) is 17.3 Å². The summed E-state index contributed by atoms with van der Waals surface area (Å²) in [6.45, 7) is 6.86. The van der Waals surface area contributed by atoms with Crippen LogP contribution < -0.4 is 10.2 Å². The zero-order valence-electron chi connectivity index (χ0n) is 15.2. The molecule has 5 nitrogen and oxygen atoms in total. The van der Waals surface area contributed by atoms with Gasteiger partial charge in [0.2, 0.25) is 0 Å². The number of carbonyl (C=O) groups is 1. The SMILES string of the molecule is CCCCCNC(=O)c1cc(N2c3ccccc3CC2C)nc(C)n1. The van der Waals surface area contributed by atoms with Crippen molar-refractivity contribution in [1.29, 1.82) is 0 Å². The summed E-state index contributed by atoms with van der Waals surface area (Å²) in [5.41, 5.74) is 2.93. The van der Waals surface area contributed by atoms with Gasteiger partial charge in [-0.25, -0.2) is 9.97 Å². The summed E-state index contributed by atoms with van der Waals surface area (Å²) in [6, 6.07) is 10.5. The monoisotopic (exact) mass is 338 g/mol. The van der Waals surface area contributed by atoms with E-state index >= 15 is 0 Å². The van der Waals surface area contributed by atoms with Crippen LogP contribution in [0.5, 0.6) is 0 Å². The molecule has 25 heavy (non-hydrogen) atoms. The quantitative estimate of drug-likeness (QED) is 0.814. The Morgan fingerprint density at radius 2 is 2.08 bits per heavy atom. The van der Waals surface area contributed by atoms with Crippen LogP contribution >= 0.6 is 0 Å². The minimum atomic E-state index is -0.122. The van der Waals surface area contributed by atoms with Crippen LogP contribution in [-0.2, 0) is 6.42 Å². The lowest BCUT2D eigenvalue weighted by Gasteiger charge is -2.24. The standard InChI is InChI=1S/C20H26N4O/c1-4-5-8-11-21-20(25)17-13-19(23-15(3)22-17)24-14(2)12-16-9-6-7-10-18(16)24/h6-7,9-10,13-14H,4-5,8,11-12H2,1-3H3,(H,21,25). The number of para-hydroxylation sites is 1. The highest BCUT2D eigenvalue weighted by molar-refractivity contribution is 5.93. The molecule has 0 saturated carbocycles. The normalized spacial score (nSPS) is 16.0. The maximum Gasteiger partial charge on any atom is 0.270 e. The molecule has 1 aliphatic rings. The number of rotatable bonds is 6. The van der Waals surface area contributed by atoms with E-state index in [0.29, 0.717) is 24.1 Å². The highest BCUT2D eigenvalue weighted by Gasteiger charge is 2.28. The Morgan fingerprint density at radius 1 is 1.28 bits per heavy atom. The van der Waals surface area contributed by atoms with E-state index in [4.69, 9.17) is 0 Å². The topological polar surface area (TPSA) is 58.1 Å². The van der Waals surface area contributed by atoms with Crippen LogP contribution in [0.3, 0.4) is 0 Å². The largest absolute Gasteiger partial charge is 0.351 e. The molecule has 0 saturated heterocycles. The smallest absolute Gasteiger partial charge is 0.270 e. The van der Waals surface area contributed by atoms with E-state index in [1.165, 1.54) is 11.3 Å². The van der Waals surface area contributed by atoms with Gasteiger partial charge >= 0.3 is 0 Å². The van der Waals surface area contributed by atoms with Crippen molar-refractivity contribution >= 4 is 17.4 Å². The Morgan fingerprint density at radius 3 is 2.88 bits per heavy atom. The van der Waals surface area contributed by atoms with Crippen molar-refractivity contribution in [3.63, 3.8) is 0 Å². The number of aromatic nitrogens is 2. The Bertz CT molecular complexity index is 759. The zero-order chi connectivity index (χ0) is 17.8. The van der Waals surface area contributed by atoms with E-state index in [9.17, 15) is 4.79 Å². The second-order valence-corrected chi connectivity index (χ2v) is 6.67. The summed E-state index contributed by atoms with van der Waals surface area (Å²) in [7, 11) is 0. The molecule has 1 atom stereocenters. The third-order valence-corrected chi connectivity index (χ3v) is 4.58. The molecule has 132 valence electrons. The summed E-state index contributed by atoms with van der Waals surface area (Å²) in [4.78, 5) is 23.6. The van der Waals surface area contributed by atoms with Gasteiger partial charge < -0.3 is 10.2 Å². The maximum absolute atomic E-state index is 12.4. The van der Waals surface area contributed by atoms with Gasteiger partial charge in [-0.05, 0) is 38.3 Å². The number of fused-ring (bicyclic) bond motifs is 1. The number of amides is 1. The number of anilines is 2. The molecule has 0 spiro atoms. The minimum absolute atomic E-state index is 0.122. The Labute approximate surface area is 149 Å². The number of nitrogens with one attached hydrogen (secondary N) is 1. The lowest BCUT2D eigenvalue weighted by molar-refractivity contribution is 0.0947. The van der Waals surface area contributed by atoms with Crippen molar-refractivity contribution < 1.29 is 4.79 Å².